The molecule has 1 aromatic heterocycles. The van der Waals surface area contributed by atoms with Crippen molar-refractivity contribution in [1.29, 1.82) is 0 Å². The Hall–Kier alpha value is -1.35. The number of carbonyl (C=O) groups excluding carboxylic acids is 2. The van der Waals surface area contributed by atoms with Gasteiger partial charge in [0.25, 0.3) is 0 Å². The van der Waals surface area contributed by atoms with Crippen LogP contribution < -0.4 is 10.2 Å². The molecule has 2 heterocycles. The standard InChI is InChI=1S/C18H29N5O2S2/c1-18(2,3)15(25)22-8-10-23(11-9-22)16-20-21-17(27-16)26-12-14(24)19-13-6-4-5-7-13/h13H,4-12H2,1-3H3,(H,19,24). The molecule has 1 saturated carbocycles. The first-order valence-corrected chi connectivity index (χ1v) is 11.4. The average molecular weight is 412 g/mol. The van der Waals surface area contributed by atoms with E-state index in [1.54, 1.807) is 0 Å². The number of hydrogen-bond donors (Lipinski definition) is 1. The first-order valence-electron chi connectivity index (χ1n) is 9.63. The van der Waals surface area contributed by atoms with Gasteiger partial charge in [0.15, 0.2) is 4.34 Å². The summed E-state index contributed by atoms with van der Waals surface area (Å²) in [7, 11) is 0. The minimum absolute atomic E-state index is 0.0814. The second kappa shape index (κ2) is 8.77. The van der Waals surface area contributed by atoms with Crippen LogP contribution in [0.1, 0.15) is 46.5 Å². The maximum atomic E-state index is 12.4. The third kappa shape index (κ3) is 5.57. The largest absolute Gasteiger partial charge is 0.353 e. The molecule has 3 rings (SSSR count). The highest BCUT2D eigenvalue weighted by Gasteiger charge is 2.30. The summed E-state index contributed by atoms with van der Waals surface area (Å²) in [4.78, 5) is 28.5. The highest BCUT2D eigenvalue weighted by atomic mass is 32.2. The monoisotopic (exact) mass is 411 g/mol. The summed E-state index contributed by atoms with van der Waals surface area (Å²) in [6.45, 7) is 8.83. The summed E-state index contributed by atoms with van der Waals surface area (Å²) >= 11 is 2.97. The average Bonchev–Trinajstić information content (AvgIpc) is 3.30. The number of aromatic nitrogens is 2. The molecule has 0 unspecified atom stereocenters. The van der Waals surface area contributed by atoms with E-state index in [9.17, 15) is 9.59 Å². The topological polar surface area (TPSA) is 78.4 Å². The Kier molecular flexibility index (Phi) is 6.62. The predicted octanol–water partition coefficient (Wildman–Crippen LogP) is 2.38. The summed E-state index contributed by atoms with van der Waals surface area (Å²) < 4.78 is 0.819. The lowest BCUT2D eigenvalue weighted by molar-refractivity contribution is -0.139. The van der Waals surface area contributed by atoms with Gasteiger partial charge in [0.05, 0.1) is 5.75 Å². The van der Waals surface area contributed by atoms with Crippen LogP contribution in [0.5, 0.6) is 0 Å². The van der Waals surface area contributed by atoms with Gasteiger partial charge in [-0.15, -0.1) is 10.2 Å². The number of thioether (sulfide) groups is 1. The number of carbonyl (C=O) groups is 2. The Labute approximate surface area is 169 Å². The van der Waals surface area contributed by atoms with E-state index in [2.05, 4.69) is 20.4 Å². The third-order valence-corrected chi connectivity index (χ3v) is 7.04. The number of hydrogen-bond acceptors (Lipinski definition) is 7. The molecule has 0 spiro atoms. The summed E-state index contributed by atoms with van der Waals surface area (Å²) in [5.41, 5.74) is -0.339. The number of piperazine rings is 1. The third-order valence-electron chi connectivity index (χ3n) is 4.92. The smallest absolute Gasteiger partial charge is 0.230 e. The van der Waals surface area contributed by atoms with Crippen molar-refractivity contribution in [3.63, 3.8) is 0 Å². The van der Waals surface area contributed by atoms with Gasteiger partial charge in [0.1, 0.15) is 0 Å². The predicted molar refractivity (Wildman–Crippen MR) is 109 cm³/mol. The number of amides is 2. The molecule has 150 valence electrons. The van der Waals surface area contributed by atoms with Gasteiger partial charge in [-0.05, 0) is 12.8 Å². The second-order valence-electron chi connectivity index (χ2n) is 8.22. The van der Waals surface area contributed by atoms with E-state index < -0.39 is 0 Å². The lowest BCUT2D eigenvalue weighted by Crippen LogP contribution is -2.51. The Balaban J connectivity index is 1.44. The fourth-order valence-corrected chi connectivity index (χ4v) is 5.13. The highest BCUT2D eigenvalue weighted by molar-refractivity contribution is 8.01. The van der Waals surface area contributed by atoms with Gasteiger partial charge in [-0.2, -0.15) is 0 Å². The van der Waals surface area contributed by atoms with E-state index in [1.807, 2.05) is 25.7 Å². The molecule has 7 nitrogen and oxygen atoms in total. The van der Waals surface area contributed by atoms with Crippen molar-refractivity contribution in [2.75, 3.05) is 36.8 Å². The maximum absolute atomic E-state index is 12.4. The Morgan fingerprint density at radius 3 is 2.44 bits per heavy atom. The molecular formula is C18H29N5O2S2. The summed E-state index contributed by atoms with van der Waals surface area (Å²) in [6.07, 6.45) is 4.63. The van der Waals surface area contributed by atoms with Crippen LogP contribution in [0, 0.1) is 5.41 Å². The molecule has 2 fully saturated rings. The van der Waals surface area contributed by atoms with Crippen molar-refractivity contribution in [2.24, 2.45) is 5.41 Å². The number of nitrogens with zero attached hydrogens (tertiary/aromatic N) is 4. The summed E-state index contributed by atoms with van der Waals surface area (Å²) in [5.74, 6) is 0.667. The molecule has 2 amide bonds. The normalized spacial score (nSPS) is 18.8. The van der Waals surface area contributed by atoms with Crippen molar-refractivity contribution in [3.05, 3.63) is 0 Å². The number of anilines is 1. The van der Waals surface area contributed by atoms with Crippen molar-refractivity contribution in [3.8, 4) is 0 Å². The summed E-state index contributed by atoms with van der Waals surface area (Å²) in [6, 6.07) is 0.357. The zero-order valence-corrected chi connectivity index (χ0v) is 18.0. The fraction of sp³-hybridized carbons (Fsp3) is 0.778. The van der Waals surface area contributed by atoms with Gasteiger partial charge >= 0.3 is 0 Å². The first-order chi connectivity index (χ1) is 12.8. The van der Waals surface area contributed by atoms with Crippen LogP contribution in [0.25, 0.3) is 0 Å². The molecule has 0 radical (unpaired) electrons. The van der Waals surface area contributed by atoms with Crippen LogP contribution in [-0.4, -0.2) is 64.9 Å². The minimum atomic E-state index is -0.339. The van der Waals surface area contributed by atoms with E-state index >= 15 is 0 Å². The minimum Gasteiger partial charge on any atom is -0.353 e. The maximum Gasteiger partial charge on any atom is 0.230 e. The van der Waals surface area contributed by atoms with Gasteiger partial charge < -0.3 is 15.1 Å². The first kappa shape index (κ1) is 20.4. The molecule has 0 aromatic carbocycles. The van der Waals surface area contributed by atoms with Crippen LogP contribution in [0.3, 0.4) is 0 Å². The zero-order chi connectivity index (χ0) is 19.4. The van der Waals surface area contributed by atoms with Crippen LogP contribution >= 0.6 is 23.1 Å². The number of nitrogens with one attached hydrogen (secondary N) is 1. The van der Waals surface area contributed by atoms with Crippen molar-refractivity contribution in [1.82, 2.24) is 20.4 Å². The molecular weight excluding hydrogens is 382 g/mol. The molecule has 1 aliphatic carbocycles. The molecule has 1 aliphatic heterocycles. The van der Waals surface area contributed by atoms with E-state index in [-0.39, 0.29) is 17.2 Å². The molecule has 0 bridgehead atoms. The Morgan fingerprint density at radius 1 is 1.15 bits per heavy atom. The molecule has 1 N–H and O–H groups in total. The van der Waals surface area contributed by atoms with Gasteiger partial charge in [-0.3, -0.25) is 9.59 Å². The lowest BCUT2D eigenvalue weighted by atomic mass is 9.94. The van der Waals surface area contributed by atoms with E-state index in [1.165, 1.54) is 35.9 Å². The Bertz CT molecular complexity index is 659. The molecule has 9 heteroatoms. The lowest BCUT2D eigenvalue weighted by Gasteiger charge is -2.37. The molecule has 27 heavy (non-hydrogen) atoms. The molecule has 1 saturated heterocycles. The SMILES string of the molecule is CC(C)(C)C(=O)N1CCN(c2nnc(SCC(=O)NC3CCCC3)s2)CC1. The van der Waals surface area contributed by atoms with Crippen LogP contribution in [-0.2, 0) is 9.59 Å². The van der Waals surface area contributed by atoms with Gasteiger partial charge in [-0.25, -0.2) is 0 Å². The Morgan fingerprint density at radius 2 is 1.81 bits per heavy atom. The molecule has 2 aliphatic rings. The van der Waals surface area contributed by atoms with Crippen molar-refractivity contribution < 1.29 is 9.59 Å². The van der Waals surface area contributed by atoms with Gasteiger partial charge in [0, 0.05) is 37.6 Å². The van der Waals surface area contributed by atoms with E-state index in [4.69, 9.17) is 0 Å². The zero-order valence-electron chi connectivity index (χ0n) is 16.4. The van der Waals surface area contributed by atoms with Crippen molar-refractivity contribution in [2.45, 2.75) is 56.8 Å². The molecule has 0 atom stereocenters. The second-order valence-corrected chi connectivity index (χ2v) is 10.4. The molecule has 1 aromatic rings. The quantitative estimate of drug-likeness (QED) is 0.750. The van der Waals surface area contributed by atoms with Crippen LogP contribution in [0.4, 0.5) is 5.13 Å². The van der Waals surface area contributed by atoms with E-state index in [0.29, 0.717) is 24.9 Å². The van der Waals surface area contributed by atoms with E-state index in [0.717, 1.165) is 35.4 Å². The van der Waals surface area contributed by atoms with Crippen molar-refractivity contribution >= 4 is 40.0 Å². The van der Waals surface area contributed by atoms with Crippen LogP contribution in [0.15, 0.2) is 4.34 Å². The van der Waals surface area contributed by atoms with Gasteiger partial charge in [0.2, 0.25) is 16.9 Å². The number of rotatable bonds is 5. The van der Waals surface area contributed by atoms with Crippen LogP contribution in [0.2, 0.25) is 0 Å². The summed E-state index contributed by atoms with van der Waals surface area (Å²) in [5, 5.41) is 12.5. The van der Waals surface area contributed by atoms with Gasteiger partial charge in [-0.1, -0.05) is 56.7 Å². The highest BCUT2D eigenvalue weighted by Crippen LogP contribution is 2.29. The fourth-order valence-electron chi connectivity index (χ4n) is 3.43.